The molecule has 2 atom stereocenters. The van der Waals surface area contributed by atoms with Crippen molar-refractivity contribution in [1.82, 2.24) is 4.90 Å². The van der Waals surface area contributed by atoms with Crippen LogP contribution in [-0.2, 0) is 9.53 Å². The minimum absolute atomic E-state index is 0.0307. The van der Waals surface area contributed by atoms with Crippen molar-refractivity contribution in [2.45, 2.75) is 64.5 Å². The Balaban J connectivity index is 1.94. The number of nitrogens with zero attached hydrogens (tertiary/aromatic N) is 1. The molecule has 1 aliphatic heterocycles. The Bertz CT molecular complexity index is 363. The van der Waals surface area contributed by atoms with Crippen molar-refractivity contribution in [2.75, 3.05) is 6.61 Å². The lowest BCUT2D eigenvalue weighted by Gasteiger charge is -2.28. The van der Waals surface area contributed by atoms with Gasteiger partial charge in [-0.1, -0.05) is 33.1 Å². The summed E-state index contributed by atoms with van der Waals surface area (Å²) in [5.74, 6) is 0.0605. The van der Waals surface area contributed by atoms with Crippen LogP contribution in [0.15, 0.2) is 0 Å². The van der Waals surface area contributed by atoms with Crippen molar-refractivity contribution in [3.8, 4) is 0 Å². The molecule has 0 aromatic carbocycles. The first kappa shape index (κ1) is 15.3. The number of ether oxygens (including phenoxy) is 1. The zero-order chi connectivity index (χ0) is 14.7. The molecule has 114 valence electrons. The summed E-state index contributed by atoms with van der Waals surface area (Å²) in [5.41, 5.74) is 0. The van der Waals surface area contributed by atoms with Gasteiger partial charge in [0.15, 0.2) is 0 Å². The Morgan fingerprint density at radius 3 is 2.60 bits per heavy atom. The van der Waals surface area contributed by atoms with Crippen LogP contribution in [0, 0.1) is 11.8 Å². The van der Waals surface area contributed by atoms with E-state index in [-0.39, 0.29) is 36.8 Å². The predicted molar refractivity (Wildman–Crippen MR) is 74.0 cm³/mol. The molecule has 0 bridgehead atoms. The van der Waals surface area contributed by atoms with Crippen LogP contribution in [0.5, 0.6) is 0 Å². The van der Waals surface area contributed by atoms with E-state index in [4.69, 9.17) is 4.74 Å². The maximum Gasteiger partial charge on any atom is 0.416 e. The van der Waals surface area contributed by atoms with Gasteiger partial charge in [0.2, 0.25) is 5.91 Å². The number of amides is 2. The van der Waals surface area contributed by atoms with E-state index < -0.39 is 12.2 Å². The van der Waals surface area contributed by atoms with Gasteiger partial charge in [-0.15, -0.1) is 0 Å². The third-order valence-corrected chi connectivity index (χ3v) is 4.52. The molecule has 0 spiro atoms. The van der Waals surface area contributed by atoms with Crippen LogP contribution in [0.25, 0.3) is 0 Å². The summed E-state index contributed by atoms with van der Waals surface area (Å²) in [7, 11) is 0. The number of carbonyl (C=O) groups is 2. The fraction of sp³-hybridized carbons (Fsp3) is 0.867. The number of hydrogen-bond acceptors (Lipinski definition) is 4. The summed E-state index contributed by atoms with van der Waals surface area (Å²) in [5, 5.41) is 10.2. The summed E-state index contributed by atoms with van der Waals surface area (Å²) in [6.07, 6.45) is 4.24. The van der Waals surface area contributed by atoms with Crippen molar-refractivity contribution >= 4 is 12.0 Å². The number of cyclic esters (lactones) is 1. The monoisotopic (exact) mass is 283 g/mol. The summed E-state index contributed by atoms with van der Waals surface area (Å²) in [6.45, 7) is 4.19. The van der Waals surface area contributed by atoms with Crippen molar-refractivity contribution in [3.05, 3.63) is 0 Å². The number of rotatable bonds is 4. The van der Waals surface area contributed by atoms with Gasteiger partial charge in [-0.25, -0.2) is 9.69 Å². The summed E-state index contributed by atoms with van der Waals surface area (Å²) in [4.78, 5) is 25.2. The predicted octanol–water partition coefficient (Wildman–Crippen LogP) is 2.32. The van der Waals surface area contributed by atoms with E-state index in [9.17, 15) is 14.7 Å². The maximum atomic E-state index is 12.3. The first-order valence-corrected chi connectivity index (χ1v) is 7.67. The Morgan fingerprint density at radius 2 is 2.00 bits per heavy atom. The normalized spacial score (nSPS) is 25.9. The average molecular weight is 283 g/mol. The third-order valence-electron chi connectivity index (χ3n) is 4.52. The first-order chi connectivity index (χ1) is 9.50. The molecule has 2 rings (SSSR count). The number of hydrogen-bond donors (Lipinski definition) is 1. The molecule has 0 unspecified atom stereocenters. The minimum Gasteiger partial charge on any atom is -0.447 e. The molecule has 5 nitrogen and oxygen atoms in total. The van der Waals surface area contributed by atoms with Gasteiger partial charge in [-0.05, 0) is 24.7 Å². The van der Waals surface area contributed by atoms with Gasteiger partial charge in [0.25, 0.3) is 0 Å². The van der Waals surface area contributed by atoms with E-state index in [1.807, 2.05) is 13.8 Å². The van der Waals surface area contributed by atoms with E-state index in [0.717, 1.165) is 25.7 Å². The number of aliphatic hydroxyl groups excluding tert-OH is 1. The van der Waals surface area contributed by atoms with E-state index in [1.54, 1.807) is 0 Å². The third kappa shape index (κ3) is 3.32. The molecule has 1 aliphatic carbocycles. The van der Waals surface area contributed by atoms with Crippen LogP contribution >= 0.6 is 0 Å². The topological polar surface area (TPSA) is 66.8 Å². The zero-order valence-electron chi connectivity index (χ0n) is 12.4. The minimum atomic E-state index is -0.635. The molecular weight excluding hydrogens is 258 g/mol. The number of carbonyl (C=O) groups excluding carboxylic acids is 2. The van der Waals surface area contributed by atoms with Crippen molar-refractivity contribution in [1.29, 1.82) is 0 Å². The van der Waals surface area contributed by atoms with E-state index in [0.29, 0.717) is 0 Å². The highest BCUT2D eigenvalue weighted by atomic mass is 16.6. The molecular formula is C15H25NO4. The van der Waals surface area contributed by atoms with Crippen LogP contribution in [-0.4, -0.2) is 40.8 Å². The van der Waals surface area contributed by atoms with Gasteiger partial charge in [0, 0.05) is 0 Å². The second-order valence-corrected chi connectivity index (χ2v) is 6.32. The lowest BCUT2D eigenvalue weighted by molar-refractivity contribution is -0.132. The quantitative estimate of drug-likeness (QED) is 0.860. The van der Waals surface area contributed by atoms with Crippen molar-refractivity contribution < 1.29 is 19.4 Å². The summed E-state index contributed by atoms with van der Waals surface area (Å²) < 4.78 is 4.97. The zero-order valence-corrected chi connectivity index (χ0v) is 12.4. The molecule has 1 N–H and O–H groups in total. The van der Waals surface area contributed by atoms with Crippen LogP contribution in [0.4, 0.5) is 4.79 Å². The van der Waals surface area contributed by atoms with Crippen molar-refractivity contribution in [3.63, 3.8) is 0 Å². The SMILES string of the molecule is CC(C)[C@H]1COC(=O)N1C(=O)C[C@@H](O)C1CCCCC1. The molecule has 5 heteroatoms. The molecule has 0 aromatic rings. The molecule has 1 heterocycles. The van der Waals surface area contributed by atoms with Gasteiger partial charge < -0.3 is 9.84 Å². The van der Waals surface area contributed by atoms with Crippen LogP contribution < -0.4 is 0 Å². The van der Waals surface area contributed by atoms with Crippen LogP contribution in [0.3, 0.4) is 0 Å². The summed E-state index contributed by atoms with van der Waals surface area (Å²) in [6, 6.07) is -0.200. The second-order valence-electron chi connectivity index (χ2n) is 6.32. The highest BCUT2D eigenvalue weighted by Crippen LogP contribution is 2.29. The molecule has 1 saturated heterocycles. The Kier molecular flexibility index (Phi) is 5.02. The summed E-state index contributed by atoms with van der Waals surface area (Å²) >= 11 is 0. The van der Waals surface area contributed by atoms with Crippen LogP contribution in [0.2, 0.25) is 0 Å². The molecule has 0 aromatic heterocycles. The van der Waals surface area contributed by atoms with Gasteiger partial charge >= 0.3 is 6.09 Å². The molecule has 0 radical (unpaired) electrons. The Labute approximate surface area is 120 Å². The van der Waals surface area contributed by atoms with Gasteiger partial charge in [-0.2, -0.15) is 0 Å². The second kappa shape index (κ2) is 6.57. The Morgan fingerprint density at radius 1 is 1.35 bits per heavy atom. The van der Waals surface area contributed by atoms with Crippen LogP contribution in [0.1, 0.15) is 52.4 Å². The lowest BCUT2D eigenvalue weighted by Crippen LogP contribution is -2.43. The van der Waals surface area contributed by atoms with Gasteiger partial charge in [0.1, 0.15) is 6.61 Å². The first-order valence-electron chi connectivity index (χ1n) is 7.67. The average Bonchev–Trinajstić information content (AvgIpc) is 2.81. The number of aliphatic hydroxyl groups is 1. The smallest absolute Gasteiger partial charge is 0.416 e. The van der Waals surface area contributed by atoms with Crippen molar-refractivity contribution in [2.24, 2.45) is 11.8 Å². The van der Waals surface area contributed by atoms with Gasteiger partial charge in [-0.3, -0.25) is 4.79 Å². The molecule has 2 aliphatic rings. The molecule has 20 heavy (non-hydrogen) atoms. The van der Waals surface area contributed by atoms with E-state index in [1.165, 1.54) is 11.3 Å². The van der Waals surface area contributed by atoms with E-state index >= 15 is 0 Å². The standard InChI is InChI=1S/C15H25NO4/c1-10(2)12-9-20-15(19)16(12)14(18)8-13(17)11-6-4-3-5-7-11/h10-13,17H,3-9H2,1-2H3/t12-,13-/m1/s1. The van der Waals surface area contributed by atoms with Gasteiger partial charge in [0.05, 0.1) is 18.6 Å². The maximum absolute atomic E-state index is 12.3. The molecule has 2 fully saturated rings. The largest absolute Gasteiger partial charge is 0.447 e. The highest BCUT2D eigenvalue weighted by molar-refractivity contribution is 5.93. The Hall–Kier alpha value is -1.10. The fourth-order valence-electron chi connectivity index (χ4n) is 3.18. The lowest BCUT2D eigenvalue weighted by atomic mass is 9.84. The molecule has 2 amide bonds. The molecule has 1 saturated carbocycles. The number of imide groups is 1. The highest BCUT2D eigenvalue weighted by Gasteiger charge is 2.40. The fourth-order valence-corrected chi connectivity index (χ4v) is 3.18. The van der Waals surface area contributed by atoms with E-state index in [2.05, 4.69) is 0 Å².